The summed E-state index contributed by atoms with van der Waals surface area (Å²) in [7, 11) is -3.79. The van der Waals surface area contributed by atoms with Gasteiger partial charge in [0.1, 0.15) is 0 Å². The summed E-state index contributed by atoms with van der Waals surface area (Å²) in [5, 5.41) is 17.8. The zero-order valence-corrected chi connectivity index (χ0v) is 21.3. The maximum atomic E-state index is 11.6. The van der Waals surface area contributed by atoms with Gasteiger partial charge in [-0.3, -0.25) is 4.90 Å². The van der Waals surface area contributed by atoms with E-state index in [1.54, 1.807) is 0 Å². The molecule has 36 heavy (non-hydrogen) atoms. The van der Waals surface area contributed by atoms with Gasteiger partial charge in [0.05, 0.1) is 23.7 Å². The van der Waals surface area contributed by atoms with Crippen molar-refractivity contribution in [3.05, 3.63) is 83.4 Å². The zero-order chi connectivity index (χ0) is 25.5. The normalized spacial score (nSPS) is 17.4. The van der Waals surface area contributed by atoms with Gasteiger partial charge in [-0.05, 0) is 67.6 Å². The number of imidazole rings is 1. The summed E-state index contributed by atoms with van der Waals surface area (Å²) in [6.07, 6.45) is 5.76. The number of rotatable bonds is 10. The first-order valence-electron chi connectivity index (χ1n) is 12.1. The zero-order valence-electron chi connectivity index (χ0n) is 20.5. The number of nitrogens with two attached hydrogens (primary N) is 1. The van der Waals surface area contributed by atoms with Gasteiger partial charge < -0.3 is 9.88 Å². The molecular weight excluding hydrogens is 474 g/mol. The number of aryl methyl sites for hydroxylation is 1. The minimum absolute atomic E-state index is 0.100. The molecule has 0 amide bonds. The number of hydrogen-bond donors (Lipinski definition) is 3. The van der Waals surface area contributed by atoms with E-state index in [0.717, 1.165) is 55.0 Å². The lowest BCUT2D eigenvalue weighted by Crippen LogP contribution is -2.48. The van der Waals surface area contributed by atoms with Crippen molar-refractivity contribution >= 4 is 15.9 Å². The summed E-state index contributed by atoms with van der Waals surface area (Å²) in [6, 6.07) is 17.7. The Morgan fingerprint density at radius 1 is 1.22 bits per heavy atom. The molecule has 0 radical (unpaired) electrons. The molecular formula is C26H33N7O2S. The standard InChI is InChI=1S/C26H33N7O2S/c1-20-4-2-6-24(12-20)31-26(15-30-36(28,34)35)23-5-3-11-32(17-23)18-25-14-29-19-33(25)16-22-9-7-21(13-27)8-10-22/h2,4,6-10,12,14,19,23,26,30-31H,3,5,11,15-18H2,1H3,(H2,28,34,35). The predicted molar refractivity (Wildman–Crippen MR) is 140 cm³/mol. The smallest absolute Gasteiger partial charge is 0.274 e. The van der Waals surface area contributed by atoms with Crippen molar-refractivity contribution in [1.82, 2.24) is 19.2 Å². The van der Waals surface area contributed by atoms with Crippen LogP contribution in [-0.4, -0.2) is 48.5 Å². The average molecular weight is 508 g/mol. The number of nitrogens with one attached hydrogen (secondary N) is 2. The molecule has 0 bridgehead atoms. The first-order valence-corrected chi connectivity index (χ1v) is 13.6. The molecule has 1 fully saturated rings. The van der Waals surface area contributed by atoms with Gasteiger partial charge in [-0.15, -0.1) is 0 Å². The van der Waals surface area contributed by atoms with Crippen molar-refractivity contribution in [1.29, 1.82) is 5.26 Å². The van der Waals surface area contributed by atoms with E-state index < -0.39 is 10.2 Å². The van der Waals surface area contributed by atoms with E-state index in [1.165, 1.54) is 0 Å². The van der Waals surface area contributed by atoms with Crippen LogP contribution in [-0.2, 0) is 23.3 Å². The van der Waals surface area contributed by atoms with Crippen LogP contribution in [0.5, 0.6) is 0 Å². The van der Waals surface area contributed by atoms with Gasteiger partial charge in [0, 0.05) is 44.1 Å². The van der Waals surface area contributed by atoms with Crippen molar-refractivity contribution in [2.24, 2.45) is 11.1 Å². The molecule has 0 spiro atoms. The SMILES string of the molecule is Cc1cccc(NC(CNS(N)(=O)=O)C2CCCN(Cc3cncn3Cc3ccc(C#N)cc3)C2)c1. The second kappa shape index (κ2) is 11.7. The van der Waals surface area contributed by atoms with Gasteiger partial charge in [-0.25, -0.2) is 14.8 Å². The lowest BCUT2D eigenvalue weighted by molar-refractivity contribution is 0.152. The number of piperidine rings is 1. The quantitative estimate of drug-likeness (QED) is 0.387. The summed E-state index contributed by atoms with van der Waals surface area (Å²) in [6.45, 7) is 5.50. The third-order valence-corrected chi connectivity index (χ3v) is 7.17. The first kappa shape index (κ1) is 25.9. The molecule has 10 heteroatoms. The third kappa shape index (κ3) is 7.38. The highest BCUT2D eigenvalue weighted by atomic mass is 32.2. The maximum Gasteiger partial charge on any atom is 0.274 e. The summed E-state index contributed by atoms with van der Waals surface area (Å²) in [4.78, 5) is 6.78. The highest BCUT2D eigenvalue weighted by Gasteiger charge is 2.28. The fourth-order valence-electron chi connectivity index (χ4n) is 4.79. The van der Waals surface area contributed by atoms with Crippen LogP contribution in [0, 0.1) is 24.2 Å². The Morgan fingerprint density at radius 3 is 2.75 bits per heavy atom. The first-order chi connectivity index (χ1) is 17.3. The Morgan fingerprint density at radius 2 is 2.03 bits per heavy atom. The number of benzene rings is 2. The van der Waals surface area contributed by atoms with Crippen LogP contribution in [0.4, 0.5) is 5.69 Å². The molecule has 4 rings (SSSR count). The molecule has 190 valence electrons. The van der Waals surface area contributed by atoms with E-state index >= 15 is 0 Å². The highest BCUT2D eigenvalue weighted by molar-refractivity contribution is 7.87. The van der Waals surface area contributed by atoms with Crippen LogP contribution in [0.15, 0.2) is 61.1 Å². The topological polar surface area (TPSA) is 129 Å². The van der Waals surface area contributed by atoms with E-state index in [0.29, 0.717) is 12.1 Å². The molecule has 4 N–H and O–H groups in total. The van der Waals surface area contributed by atoms with Crippen LogP contribution in [0.3, 0.4) is 0 Å². The number of nitriles is 1. The van der Waals surface area contributed by atoms with Crippen molar-refractivity contribution in [3.8, 4) is 6.07 Å². The van der Waals surface area contributed by atoms with Gasteiger partial charge in [0.2, 0.25) is 0 Å². The number of hydrogen-bond acceptors (Lipinski definition) is 6. The minimum Gasteiger partial charge on any atom is -0.381 e. The molecule has 1 aliphatic rings. The molecule has 1 saturated heterocycles. The predicted octanol–water partition coefficient (Wildman–Crippen LogP) is 2.60. The molecule has 9 nitrogen and oxygen atoms in total. The van der Waals surface area contributed by atoms with Crippen molar-refractivity contribution in [3.63, 3.8) is 0 Å². The van der Waals surface area contributed by atoms with Crippen LogP contribution in [0.25, 0.3) is 0 Å². The Hall–Kier alpha value is -3.23. The summed E-state index contributed by atoms with van der Waals surface area (Å²) >= 11 is 0. The van der Waals surface area contributed by atoms with Crippen LogP contribution < -0.4 is 15.2 Å². The molecule has 3 aromatic rings. The summed E-state index contributed by atoms with van der Waals surface area (Å²) < 4.78 is 27.9. The summed E-state index contributed by atoms with van der Waals surface area (Å²) in [5.41, 5.74) is 4.98. The van der Waals surface area contributed by atoms with E-state index in [2.05, 4.69) is 36.6 Å². The number of nitrogens with zero attached hydrogens (tertiary/aromatic N) is 4. The van der Waals surface area contributed by atoms with Crippen molar-refractivity contribution in [2.75, 3.05) is 25.0 Å². The van der Waals surface area contributed by atoms with Gasteiger partial charge in [0.25, 0.3) is 10.2 Å². The van der Waals surface area contributed by atoms with Gasteiger partial charge in [0.15, 0.2) is 0 Å². The molecule has 2 atom stereocenters. The second-order valence-corrected chi connectivity index (χ2v) is 10.9. The van der Waals surface area contributed by atoms with Crippen LogP contribution >= 0.6 is 0 Å². The van der Waals surface area contributed by atoms with E-state index in [1.807, 2.05) is 61.9 Å². The fraction of sp³-hybridized carbons (Fsp3) is 0.385. The Bertz CT molecular complexity index is 1300. The Balaban J connectivity index is 1.44. The number of aromatic nitrogens is 2. The molecule has 1 aliphatic heterocycles. The van der Waals surface area contributed by atoms with Gasteiger partial charge >= 0.3 is 0 Å². The van der Waals surface area contributed by atoms with Crippen molar-refractivity contribution in [2.45, 2.75) is 38.9 Å². The Labute approximate surface area is 213 Å². The van der Waals surface area contributed by atoms with E-state index in [9.17, 15) is 8.42 Å². The van der Waals surface area contributed by atoms with Crippen molar-refractivity contribution < 1.29 is 8.42 Å². The third-order valence-electron chi connectivity index (χ3n) is 6.61. The largest absolute Gasteiger partial charge is 0.381 e. The molecule has 2 heterocycles. The van der Waals surface area contributed by atoms with Crippen LogP contribution in [0.2, 0.25) is 0 Å². The second-order valence-electron chi connectivity index (χ2n) is 9.47. The lowest BCUT2D eigenvalue weighted by atomic mass is 9.90. The van der Waals surface area contributed by atoms with E-state index in [4.69, 9.17) is 10.4 Å². The maximum absolute atomic E-state index is 11.6. The fourth-order valence-corrected chi connectivity index (χ4v) is 5.20. The Kier molecular flexibility index (Phi) is 8.38. The number of likely N-dealkylation sites (tertiary alicyclic amines) is 1. The van der Waals surface area contributed by atoms with E-state index in [-0.39, 0.29) is 18.5 Å². The molecule has 2 unspecified atom stereocenters. The minimum atomic E-state index is -3.79. The lowest BCUT2D eigenvalue weighted by Gasteiger charge is -2.37. The molecule has 2 aromatic carbocycles. The molecule has 1 aromatic heterocycles. The van der Waals surface area contributed by atoms with Crippen LogP contribution in [0.1, 0.15) is 35.2 Å². The number of anilines is 1. The van der Waals surface area contributed by atoms with Gasteiger partial charge in [-0.2, -0.15) is 13.7 Å². The monoisotopic (exact) mass is 507 g/mol. The van der Waals surface area contributed by atoms with Gasteiger partial charge in [-0.1, -0.05) is 24.3 Å². The summed E-state index contributed by atoms with van der Waals surface area (Å²) in [5.74, 6) is 0.239. The highest BCUT2D eigenvalue weighted by Crippen LogP contribution is 2.24. The molecule has 0 aliphatic carbocycles. The average Bonchev–Trinajstić information content (AvgIpc) is 3.28. The molecule has 0 saturated carbocycles.